The van der Waals surface area contributed by atoms with Gasteiger partial charge in [-0.15, -0.1) is 24.5 Å². The lowest BCUT2D eigenvalue weighted by Crippen LogP contribution is -2.21. The second-order valence-electron chi connectivity index (χ2n) is 3.95. The van der Waals surface area contributed by atoms with Crippen LogP contribution in [-0.4, -0.2) is 35.7 Å². The Morgan fingerprint density at radius 3 is 2.30 bits per heavy atom. The SMILES string of the molecule is C=CCN(CC=C)c1ccc(C(=O)CC(=O)C(=O)O)s1. The van der Waals surface area contributed by atoms with E-state index in [-0.39, 0.29) is 0 Å². The van der Waals surface area contributed by atoms with Crippen LogP contribution in [0.5, 0.6) is 0 Å². The van der Waals surface area contributed by atoms with Gasteiger partial charge in [0.2, 0.25) is 5.78 Å². The second kappa shape index (κ2) is 7.40. The molecule has 0 bridgehead atoms. The van der Waals surface area contributed by atoms with Crippen molar-refractivity contribution >= 4 is 33.9 Å². The molecule has 0 saturated heterocycles. The molecule has 1 aromatic rings. The predicted octanol–water partition coefficient (Wildman–Crippen LogP) is 2.15. The third-order valence-corrected chi connectivity index (χ3v) is 3.62. The topological polar surface area (TPSA) is 74.7 Å². The minimum Gasteiger partial charge on any atom is -0.475 e. The molecule has 0 saturated carbocycles. The summed E-state index contributed by atoms with van der Waals surface area (Å²) in [5.41, 5.74) is 0. The first-order valence-electron chi connectivity index (χ1n) is 5.85. The van der Waals surface area contributed by atoms with E-state index in [2.05, 4.69) is 13.2 Å². The van der Waals surface area contributed by atoms with Crippen LogP contribution in [-0.2, 0) is 9.59 Å². The van der Waals surface area contributed by atoms with Gasteiger partial charge in [-0.05, 0) is 12.1 Å². The summed E-state index contributed by atoms with van der Waals surface area (Å²) < 4.78 is 0. The van der Waals surface area contributed by atoms with E-state index in [1.54, 1.807) is 24.3 Å². The van der Waals surface area contributed by atoms with Crippen LogP contribution in [0.15, 0.2) is 37.4 Å². The smallest absolute Gasteiger partial charge is 0.372 e. The van der Waals surface area contributed by atoms with Gasteiger partial charge < -0.3 is 10.0 Å². The fraction of sp³-hybridized carbons (Fsp3) is 0.214. The number of ketones is 2. The Balaban J connectivity index is 2.82. The van der Waals surface area contributed by atoms with Crippen molar-refractivity contribution in [1.82, 2.24) is 0 Å². The fourth-order valence-corrected chi connectivity index (χ4v) is 2.48. The summed E-state index contributed by atoms with van der Waals surface area (Å²) in [5.74, 6) is -3.17. The number of nitrogens with zero attached hydrogens (tertiary/aromatic N) is 1. The molecule has 0 amide bonds. The van der Waals surface area contributed by atoms with Gasteiger partial charge >= 0.3 is 5.97 Å². The molecule has 20 heavy (non-hydrogen) atoms. The summed E-state index contributed by atoms with van der Waals surface area (Å²) in [7, 11) is 0. The third-order valence-electron chi connectivity index (χ3n) is 2.44. The number of carboxylic acid groups (broad SMARTS) is 1. The Kier molecular flexibility index (Phi) is 5.86. The quantitative estimate of drug-likeness (QED) is 0.327. The molecule has 1 aromatic heterocycles. The van der Waals surface area contributed by atoms with E-state index >= 15 is 0 Å². The molecular formula is C14H15NO4S. The van der Waals surface area contributed by atoms with Gasteiger partial charge in [-0.3, -0.25) is 9.59 Å². The van der Waals surface area contributed by atoms with Crippen molar-refractivity contribution in [2.45, 2.75) is 6.42 Å². The number of Topliss-reactive ketones (excluding diaryl/α,β-unsaturated/α-hetero) is 2. The van der Waals surface area contributed by atoms with E-state index in [0.717, 1.165) is 5.00 Å². The molecule has 1 rings (SSSR count). The minimum absolute atomic E-state index is 0.368. The maximum atomic E-state index is 11.8. The zero-order valence-electron chi connectivity index (χ0n) is 10.9. The van der Waals surface area contributed by atoms with Crippen molar-refractivity contribution in [1.29, 1.82) is 0 Å². The molecule has 1 heterocycles. The number of carbonyl (C=O) groups excluding carboxylic acids is 2. The zero-order chi connectivity index (χ0) is 15.1. The number of hydrogen-bond acceptors (Lipinski definition) is 5. The number of anilines is 1. The average Bonchev–Trinajstić information content (AvgIpc) is 2.87. The number of rotatable bonds is 9. The van der Waals surface area contributed by atoms with Crippen LogP contribution in [0.3, 0.4) is 0 Å². The molecule has 106 valence electrons. The highest BCUT2D eigenvalue weighted by molar-refractivity contribution is 7.18. The average molecular weight is 293 g/mol. The Morgan fingerprint density at radius 2 is 1.80 bits per heavy atom. The van der Waals surface area contributed by atoms with E-state index in [0.29, 0.717) is 18.0 Å². The molecule has 0 aromatic carbocycles. The van der Waals surface area contributed by atoms with Crippen LogP contribution < -0.4 is 4.90 Å². The fourth-order valence-electron chi connectivity index (χ4n) is 1.52. The van der Waals surface area contributed by atoms with E-state index in [1.165, 1.54) is 11.3 Å². The summed E-state index contributed by atoms with van der Waals surface area (Å²) >= 11 is 1.22. The minimum atomic E-state index is -1.59. The van der Waals surface area contributed by atoms with Gasteiger partial charge in [0.05, 0.1) is 16.3 Å². The van der Waals surface area contributed by atoms with Crippen molar-refractivity contribution in [2.24, 2.45) is 0 Å². The molecule has 0 spiro atoms. The van der Waals surface area contributed by atoms with Gasteiger partial charge in [-0.25, -0.2) is 4.79 Å². The molecule has 0 radical (unpaired) electrons. The number of carbonyl (C=O) groups is 3. The lowest BCUT2D eigenvalue weighted by Gasteiger charge is -2.18. The van der Waals surface area contributed by atoms with E-state index in [9.17, 15) is 14.4 Å². The zero-order valence-corrected chi connectivity index (χ0v) is 11.7. The molecule has 0 fully saturated rings. The summed E-state index contributed by atoms with van der Waals surface area (Å²) in [6.45, 7) is 8.53. The van der Waals surface area contributed by atoms with Crippen molar-refractivity contribution in [2.75, 3.05) is 18.0 Å². The molecule has 0 aliphatic carbocycles. The van der Waals surface area contributed by atoms with E-state index in [4.69, 9.17) is 5.11 Å². The highest BCUT2D eigenvalue weighted by Gasteiger charge is 2.19. The highest BCUT2D eigenvalue weighted by atomic mass is 32.1. The van der Waals surface area contributed by atoms with Crippen molar-refractivity contribution in [3.05, 3.63) is 42.3 Å². The van der Waals surface area contributed by atoms with Gasteiger partial charge in [-0.1, -0.05) is 12.2 Å². The van der Waals surface area contributed by atoms with Crippen LogP contribution in [0.25, 0.3) is 0 Å². The molecule has 6 heteroatoms. The first-order valence-corrected chi connectivity index (χ1v) is 6.67. The third kappa shape index (κ3) is 4.17. The van der Waals surface area contributed by atoms with Crippen LogP contribution >= 0.6 is 11.3 Å². The normalized spacial score (nSPS) is 9.80. The predicted molar refractivity (Wildman–Crippen MR) is 78.5 cm³/mol. The molecule has 5 nitrogen and oxygen atoms in total. The molecule has 0 unspecified atom stereocenters. The molecular weight excluding hydrogens is 278 g/mol. The Hall–Kier alpha value is -2.21. The number of aliphatic carboxylic acids is 1. The molecule has 0 aliphatic heterocycles. The second-order valence-corrected chi connectivity index (χ2v) is 5.01. The van der Waals surface area contributed by atoms with Gasteiger partial charge in [0.25, 0.3) is 0 Å². The summed E-state index contributed by atoms with van der Waals surface area (Å²) in [5, 5.41) is 9.33. The molecule has 1 N–H and O–H groups in total. The van der Waals surface area contributed by atoms with E-state index in [1.807, 2.05) is 4.90 Å². The molecule has 0 aliphatic rings. The number of hydrogen-bond donors (Lipinski definition) is 1. The summed E-state index contributed by atoms with van der Waals surface area (Å²) in [6, 6.07) is 3.35. The standard InChI is InChI=1S/C14H15NO4S/c1-3-7-15(8-4-2)13-6-5-12(20-13)10(16)9-11(17)14(18)19/h3-6H,1-2,7-9H2,(H,18,19). The Morgan fingerprint density at radius 1 is 1.20 bits per heavy atom. The van der Waals surface area contributed by atoms with Crippen LogP contribution in [0.1, 0.15) is 16.1 Å². The number of carboxylic acids is 1. The van der Waals surface area contributed by atoms with E-state index < -0.39 is 24.0 Å². The van der Waals surface area contributed by atoms with Crippen LogP contribution in [0.2, 0.25) is 0 Å². The van der Waals surface area contributed by atoms with Gasteiger partial charge in [-0.2, -0.15) is 0 Å². The maximum Gasteiger partial charge on any atom is 0.372 e. The molecule has 0 atom stereocenters. The van der Waals surface area contributed by atoms with Gasteiger partial charge in [0, 0.05) is 13.1 Å². The Bertz CT molecular complexity index is 537. The lowest BCUT2D eigenvalue weighted by atomic mass is 10.2. The lowest BCUT2D eigenvalue weighted by molar-refractivity contribution is -0.148. The number of thiophene rings is 1. The van der Waals surface area contributed by atoms with Crippen molar-refractivity contribution in [3.8, 4) is 0 Å². The summed E-state index contributed by atoms with van der Waals surface area (Å²) in [6.07, 6.45) is 2.86. The van der Waals surface area contributed by atoms with Crippen molar-refractivity contribution in [3.63, 3.8) is 0 Å². The van der Waals surface area contributed by atoms with Crippen LogP contribution in [0.4, 0.5) is 5.00 Å². The van der Waals surface area contributed by atoms with Gasteiger partial charge in [0.1, 0.15) is 0 Å². The van der Waals surface area contributed by atoms with Gasteiger partial charge in [0.15, 0.2) is 5.78 Å². The Labute approximate surface area is 120 Å². The monoisotopic (exact) mass is 293 g/mol. The summed E-state index contributed by atoms with van der Waals surface area (Å²) in [4.78, 5) is 35.5. The maximum absolute atomic E-state index is 11.8. The largest absolute Gasteiger partial charge is 0.475 e. The highest BCUT2D eigenvalue weighted by Crippen LogP contribution is 2.27. The van der Waals surface area contributed by atoms with Crippen molar-refractivity contribution < 1.29 is 19.5 Å². The first-order chi connectivity index (χ1) is 9.49. The first kappa shape index (κ1) is 15.8. The van der Waals surface area contributed by atoms with Crippen LogP contribution in [0, 0.1) is 0 Å².